The van der Waals surface area contributed by atoms with E-state index in [2.05, 4.69) is 24.1 Å². The molecule has 0 radical (unpaired) electrons. The molecule has 2 aliphatic heterocycles. The van der Waals surface area contributed by atoms with Crippen LogP contribution < -0.4 is 0 Å². The SMILES string of the molecule is CN(C)[C@H]1C[C@@]23CC[C@]4(O2)C2CC=C(c5ccc6ncoc6c5)[C@@]2(C)CCC4(F)C=C3[C@@H](O)[C@@H]1O. The van der Waals surface area contributed by atoms with Crippen molar-refractivity contribution in [3.8, 4) is 0 Å². The number of nitrogens with zero attached hydrogens (tertiary/aromatic N) is 2. The van der Waals surface area contributed by atoms with Crippen molar-refractivity contribution in [2.75, 3.05) is 14.1 Å². The van der Waals surface area contributed by atoms with Gasteiger partial charge >= 0.3 is 0 Å². The normalized spacial score (nSPS) is 46.3. The first-order valence-corrected chi connectivity index (χ1v) is 12.8. The standard InChI is InChI=1S/C28H33FN2O4/c1-25-8-10-27(29)13-18-23(32)24(33)20(31(2)3)14-26(18)9-11-28(27,35-26)22(25)7-5-17(25)16-4-6-19-21(12-16)34-15-30-19/h4-6,12-13,15,20,22-24,32-33H,7-11,14H2,1-3H3/t20-,22?,23+,24+,25+,26+,27?,28-/m0/s1. The topological polar surface area (TPSA) is 79.0 Å². The second kappa shape index (κ2) is 6.82. The van der Waals surface area contributed by atoms with Crippen molar-refractivity contribution in [1.29, 1.82) is 0 Å². The Balaban J connectivity index is 1.31. The summed E-state index contributed by atoms with van der Waals surface area (Å²) in [6.07, 6.45) is 6.99. The number of fused-ring (bicyclic) bond motifs is 2. The second-order valence-electron chi connectivity index (χ2n) is 12.0. The van der Waals surface area contributed by atoms with Crippen molar-refractivity contribution >= 4 is 16.7 Å². The molecule has 6 nitrogen and oxygen atoms in total. The van der Waals surface area contributed by atoms with E-state index in [1.54, 1.807) is 6.08 Å². The van der Waals surface area contributed by atoms with Crippen LogP contribution in [-0.4, -0.2) is 69.3 Å². The zero-order valence-electron chi connectivity index (χ0n) is 20.5. The van der Waals surface area contributed by atoms with Crippen molar-refractivity contribution in [3.05, 3.63) is 47.9 Å². The third-order valence-corrected chi connectivity index (χ3v) is 10.3. The molecular weight excluding hydrogens is 447 g/mol. The summed E-state index contributed by atoms with van der Waals surface area (Å²) >= 11 is 0. The fourth-order valence-electron chi connectivity index (χ4n) is 8.45. The summed E-state index contributed by atoms with van der Waals surface area (Å²) in [7, 11) is 3.82. The van der Waals surface area contributed by atoms with Crippen LogP contribution in [0.15, 0.2) is 46.7 Å². The lowest BCUT2D eigenvalue weighted by Gasteiger charge is -2.60. The summed E-state index contributed by atoms with van der Waals surface area (Å²) in [5.74, 6) is -0.00635. The molecule has 3 fully saturated rings. The van der Waals surface area contributed by atoms with Crippen LogP contribution in [0.5, 0.6) is 0 Å². The summed E-state index contributed by atoms with van der Waals surface area (Å²) in [5.41, 5.74) is 0.954. The van der Waals surface area contributed by atoms with Crippen LogP contribution in [0.3, 0.4) is 0 Å². The molecule has 1 saturated heterocycles. The molecule has 3 aliphatic carbocycles. The molecule has 2 saturated carbocycles. The van der Waals surface area contributed by atoms with Gasteiger partial charge in [0.1, 0.15) is 17.2 Å². The van der Waals surface area contributed by atoms with Crippen LogP contribution in [0.4, 0.5) is 4.39 Å². The minimum atomic E-state index is -1.66. The van der Waals surface area contributed by atoms with E-state index in [1.807, 2.05) is 31.1 Å². The van der Waals surface area contributed by atoms with Gasteiger partial charge in [-0.25, -0.2) is 9.37 Å². The van der Waals surface area contributed by atoms with Crippen LogP contribution >= 0.6 is 0 Å². The summed E-state index contributed by atoms with van der Waals surface area (Å²) in [4.78, 5) is 6.19. The van der Waals surface area contributed by atoms with Gasteiger partial charge in [0, 0.05) is 12.0 Å². The average Bonchev–Trinajstić information content (AvgIpc) is 3.52. The first-order chi connectivity index (χ1) is 16.6. The van der Waals surface area contributed by atoms with E-state index in [0.717, 1.165) is 23.1 Å². The maximum Gasteiger partial charge on any atom is 0.181 e. The van der Waals surface area contributed by atoms with E-state index in [9.17, 15) is 10.2 Å². The molecule has 2 unspecified atom stereocenters. The third-order valence-electron chi connectivity index (χ3n) is 10.3. The molecule has 1 aromatic carbocycles. The number of aromatic nitrogens is 1. The Bertz CT molecular complexity index is 1290. The maximum atomic E-state index is 17.1. The zero-order valence-corrected chi connectivity index (χ0v) is 20.5. The van der Waals surface area contributed by atoms with Crippen molar-refractivity contribution in [3.63, 3.8) is 0 Å². The van der Waals surface area contributed by atoms with Crippen LogP contribution in [0.2, 0.25) is 0 Å². The molecule has 1 aromatic heterocycles. The summed E-state index contributed by atoms with van der Waals surface area (Å²) in [5, 5.41) is 21.9. The Kier molecular flexibility index (Phi) is 4.32. The number of halogens is 1. The van der Waals surface area contributed by atoms with E-state index >= 15 is 4.39 Å². The Hall–Kier alpha value is -2.06. The van der Waals surface area contributed by atoms with Gasteiger partial charge in [0.15, 0.2) is 17.6 Å². The molecule has 3 heterocycles. The van der Waals surface area contributed by atoms with Gasteiger partial charge in [-0.3, -0.25) is 0 Å². The number of rotatable bonds is 2. The molecule has 2 aromatic rings. The largest absolute Gasteiger partial charge is 0.443 e. The molecule has 7 rings (SSSR count). The number of alkyl halides is 1. The highest BCUT2D eigenvalue weighted by atomic mass is 19.1. The van der Waals surface area contributed by atoms with Gasteiger partial charge in [0.2, 0.25) is 0 Å². The lowest BCUT2D eigenvalue weighted by Crippen LogP contribution is -2.68. The Morgan fingerprint density at radius 2 is 1.97 bits per heavy atom. The Morgan fingerprint density at radius 3 is 2.77 bits per heavy atom. The molecule has 35 heavy (non-hydrogen) atoms. The predicted octanol–water partition coefficient (Wildman–Crippen LogP) is 4.02. The maximum absolute atomic E-state index is 17.1. The number of allylic oxidation sites excluding steroid dienone is 2. The van der Waals surface area contributed by atoms with E-state index in [1.165, 1.54) is 12.0 Å². The van der Waals surface area contributed by atoms with E-state index in [4.69, 9.17) is 9.15 Å². The number of aliphatic hydroxyl groups excluding tert-OH is 2. The molecule has 5 aliphatic rings. The van der Waals surface area contributed by atoms with Crippen LogP contribution in [0.25, 0.3) is 16.7 Å². The quantitative estimate of drug-likeness (QED) is 0.632. The van der Waals surface area contributed by atoms with Gasteiger partial charge in [-0.05, 0) is 93.0 Å². The fourth-order valence-corrected chi connectivity index (χ4v) is 8.45. The molecule has 186 valence electrons. The second-order valence-corrected chi connectivity index (χ2v) is 12.0. The first kappa shape index (κ1) is 22.2. The van der Waals surface area contributed by atoms with Crippen molar-refractivity contribution in [2.24, 2.45) is 11.3 Å². The molecular formula is C28H33FN2O4. The number of ether oxygens (including phenoxy) is 1. The molecule has 2 bridgehead atoms. The minimum absolute atomic E-state index is 0.00635. The number of benzene rings is 1. The van der Waals surface area contributed by atoms with Crippen molar-refractivity contribution < 1.29 is 23.8 Å². The Morgan fingerprint density at radius 1 is 1.14 bits per heavy atom. The van der Waals surface area contributed by atoms with Crippen LogP contribution in [0, 0.1) is 11.3 Å². The highest BCUT2D eigenvalue weighted by Crippen LogP contribution is 2.71. The summed E-state index contributed by atoms with van der Waals surface area (Å²) in [6.45, 7) is 2.27. The minimum Gasteiger partial charge on any atom is -0.443 e. The third kappa shape index (κ3) is 2.60. The van der Waals surface area contributed by atoms with Crippen LogP contribution in [0.1, 0.15) is 51.0 Å². The number of oxazole rings is 1. The number of hydrogen-bond donors (Lipinski definition) is 2. The van der Waals surface area contributed by atoms with Gasteiger partial charge < -0.3 is 24.3 Å². The van der Waals surface area contributed by atoms with Gasteiger partial charge in [-0.2, -0.15) is 0 Å². The number of likely N-dealkylation sites (N-methyl/N-ethyl adjacent to an activating group) is 1. The van der Waals surface area contributed by atoms with Gasteiger partial charge in [-0.15, -0.1) is 0 Å². The monoisotopic (exact) mass is 480 g/mol. The molecule has 7 heteroatoms. The Labute approximate surface area is 204 Å². The lowest BCUT2D eigenvalue weighted by molar-refractivity contribution is -0.239. The van der Waals surface area contributed by atoms with Gasteiger partial charge in [0.25, 0.3) is 0 Å². The van der Waals surface area contributed by atoms with Gasteiger partial charge in [-0.1, -0.05) is 19.1 Å². The fraction of sp³-hybridized carbons (Fsp3) is 0.607. The molecule has 2 N–H and O–H groups in total. The average molecular weight is 481 g/mol. The van der Waals surface area contributed by atoms with Crippen molar-refractivity contribution in [2.45, 2.75) is 80.6 Å². The lowest BCUT2D eigenvalue weighted by atomic mass is 9.53. The smallest absolute Gasteiger partial charge is 0.181 e. The molecule has 2 spiro atoms. The van der Waals surface area contributed by atoms with E-state index in [0.29, 0.717) is 37.7 Å². The summed E-state index contributed by atoms with van der Waals surface area (Å²) < 4.78 is 29.6. The first-order valence-electron chi connectivity index (χ1n) is 12.8. The highest BCUT2D eigenvalue weighted by Gasteiger charge is 2.74. The zero-order chi connectivity index (χ0) is 24.4. The highest BCUT2D eigenvalue weighted by molar-refractivity contribution is 5.81. The predicted molar refractivity (Wildman–Crippen MR) is 129 cm³/mol. The van der Waals surface area contributed by atoms with Crippen LogP contribution in [-0.2, 0) is 4.74 Å². The number of aliphatic hydroxyl groups is 2. The summed E-state index contributed by atoms with van der Waals surface area (Å²) in [6, 6.07) is 5.88. The van der Waals surface area contributed by atoms with E-state index < -0.39 is 29.1 Å². The molecule has 0 amide bonds. The van der Waals surface area contributed by atoms with E-state index in [-0.39, 0.29) is 17.4 Å². The number of hydrogen-bond acceptors (Lipinski definition) is 6. The molecule has 8 atom stereocenters. The van der Waals surface area contributed by atoms with Gasteiger partial charge in [0.05, 0.1) is 11.7 Å². The van der Waals surface area contributed by atoms with Crippen molar-refractivity contribution in [1.82, 2.24) is 9.88 Å².